The van der Waals surface area contributed by atoms with E-state index < -0.39 is 27.4 Å². The summed E-state index contributed by atoms with van der Waals surface area (Å²) in [4.78, 5) is 24.3. The number of carbonyl (C=O) groups excluding carboxylic acids is 2. The third-order valence-corrected chi connectivity index (χ3v) is 6.59. The van der Waals surface area contributed by atoms with Gasteiger partial charge in [-0.25, -0.2) is 4.79 Å². The van der Waals surface area contributed by atoms with Gasteiger partial charge in [-0.15, -0.1) is 0 Å². The summed E-state index contributed by atoms with van der Waals surface area (Å²) in [6.07, 6.45) is 5.42. The fourth-order valence-electron chi connectivity index (χ4n) is 5.59. The summed E-state index contributed by atoms with van der Waals surface area (Å²) in [5.41, 5.74) is -0.400. The van der Waals surface area contributed by atoms with E-state index in [2.05, 4.69) is 6.58 Å². The Morgan fingerprint density at radius 1 is 1.19 bits per heavy atom. The topological polar surface area (TPSA) is 107 Å². The highest BCUT2D eigenvalue weighted by atomic mass is 32.2. The van der Waals surface area contributed by atoms with E-state index in [9.17, 15) is 18.0 Å². The Morgan fingerprint density at radius 2 is 1.81 bits per heavy atom. The molecular formula is C18H26O7S. The van der Waals surface area contributed by atoms with Crippen molar-refractivity contribution in [2.45, 2.75) is 57.5 Å². The third-order valence-electron chi connectivity index (χ3n) is 5.91. The predicted molar refractivity (Wildman–Crippen MR) is 92.7 cm³/mol. The average molecular weight is 386 g/mol. The number of hydrogen-bond donors (Lipinski definition) is 1. The fraction of sp³-hybridized carbons (Fsp3) is 0.778. The highest BCUT2D eigenvalue weighted by Gasteiger charge is 2.60. The van der Waals surface area contributed by atoms with Crippen LogP contribution in [0, 0.1) is 17.3 Å². The molecule has 26 heavy (non-hydrogen) atoms. The molecule has 4 fully saturated rings. The summed E-state index contributed by atoms with van der Waals surface area (Å²) >= 11 is 0. The minimum absolute atomic E-state index is 0.192. The van der Waals surface area contributed by atoms with Gasteiger partial charge in [0.2, 0.25) is 0 Å². The van der Waals surface area contributed by atoms with Gasteiger partial charge in [0.1, 0.15) is 18.0 Å². The van der Waals surface area contributed by atoms with Crippen LogP contribution in [0.15, 0.2) is 12.2 Å². The van der Waals surface area contributed by atoms with Gasteiger partial charge in [0.05, 0.1) is 6.42 Å². The average Bonchev–Trinajstić information content (AvgIpc) is 2.42. The molecule has 0 amide bonds. The van der Waals surface area contributed by atoms with Gasteiger partial charge in [0, 0.05) is 5.57 Å². The fourth-order valence-corrected chi connectivity index (χ4v) is 5.89. The monoisotopic (exact) mass is 386 g/mol. The Kier molecular flexibility index (Phi) is 4.94. The van der Waals surface area contributed by atoms with Crippen molar-refractivity contribution < 1.29 is 32.0 Å². The quantitative estimate of drug-likeness (QED) is 0.406. The lowest BCUT2D eigenvalue weighted by molar-refractivity contribution is -0.201. The standard InChI is InChI=1S/C18H26O7S/c1-12(2)16(20)25-18-8-13-5-14(9-18)7-17(6-13,11-18)10-15(19)24-3-4-26(21,22)23/h13-14H,1,3-11H2,2H3,(H,21,22,23). The maximum Gasteiger partial charge on any atom is 0.333 e. The number of ether oxygens (including phenoxy) is 2. The van der Waals surface area contributed by atoms with Crippen LogP contribution in [0.2, 0.25) is 0 Å². The van der Waals surface area contributed by atoms with Crippen molar-refractivity contribution in [3.63, 3.8) is 0 Å². The van der Waals surface area contributed by atoms with E-state index in [1.165, 1.54) is 0 Å². The van der Waals surface area contributed by atoms with Crippen molar-refractivity contribution >= 4 is 22.1 Å². The number of rotatable bonds is 7. The zero-order valence-corrected chi connectivity index (χ0v) is 15.8. The second-order valence-corrected chi connectivity index (χ2v) is 10.1. The molecule has 4 bridgehead atoms. The molecule has 0 spiro atoms. The van der Waals surface area contributed by atoms with Crippen molar-refractivity contribution in [2.24, 2.45) is 17.3 Å². The smallest absolute Gasteiger partial charge is 0.333 e. The van der Waals surface area contributed by atoms with Crippen molar-refractivity contribution in [3.8, 4) is 0 Å². The molecule has 4 aliphatic rings. The normalized spacial score (nSPS) is 35.2. The summed E-state index contributed by atoms with van der Waals surface area (Å²) in [6, 6.07) is 0. The van der Waals surface area contributed by atoms with Crippen LogP contribution in [0.25, 0.3) is 0 Å². The lowest BCUT2D eigenvalue weighted by atomic mass is 9.47. The summed E-state index contributed by atoms with van der Waals surface area (Å²) < 4.78 is 41.0. The lowest BCUT2D eigenvalue weighted by Gasteiger charge is -2.61. The molecule has 2 unspecified atom stereocenters. The molecule has 8 heteroatoms. The van der Waals surface area contributed by atoms with Crippen LogP contribution in [-0.2, 0) is 29.2 Å². The first-order chi connectivity index (χ1) is 12.0. The molecule has 0 aromatic carbocycles. The molecule has 2 atom stereocenters. The first kappa shape index (κ1) is 19.4. The van der Waals surface area contributed by atoms with Crippen LogP contribution in [0.3, 0.4) is 0 Å². The Bertz CT molecular complexity index is 710. The first-order valence-corrected chi connectivity index (χ1v) is 10.6. The van der Waals surface area contributed by atoms with Gasteiger partial charge in [-0.1, -0.05) is 6.58 Å². The molecule has 0 aromatic rings. The highest BCUT2D eigenvalue weighted by Crippen LogP contribution is 2.64. The van der Waals surface area contributed by atoms with Crippen molar-refractivity contribution in [3.05, 3.63) is 12.2 Å². The minimum Gasteiger partial charge on any atom is -0.464 e. The Labute approximate surface area is 153 Å². The molecule has 0 saturated heterocycles. The Balaban J connectivity index is 1.66. The van der Waals surface area contributed by atoms with Crippen molar-refractivity contribution in [1.82, 2.24) is 0 Å². The maximum absolute atomic E-state index is 12.2. The molecule has 7 nitrogen and oxygen atoms in total. The van der Waals surface area contributed by atoms with Crippen LogP contribution in [0.1, 0.15) is 51.9 Å². The highest BCUT2D eigenvalue weighted by molar-refractivity contribution is 7.85. The summed E-state index contributed by atoms with van der Waals surface area (Å²) in [7, 11) is -4.15. The molecule has 0 radical (unpaired) electrons. The molecule has 0 aliphatic heterocycles. The van der Waals surface area contributed by atoms with Gasteiger partial charge in [-0.2, -0.15) is 8.42 Å². The molecule has 4 saturated carbocycles. The SMILES string of the molecule is C=C(C)C(=O)OC12CC3CC(CC(CC(=O)OCCS(=O)(=O)O)(C3)C1)C2. The third kappa shape index (κ3) is 4.28. The second kappa shape index (κ2) is 6.64. The van der Waals surface area contributed by atoms with Gasteiger partial charge in [0.25, 0.3) is 10.1 Å². The van der Waals surface area contributed by atoms with Crippen LogP contribution >= 0.6 is 0 Å². The summed E-state index contributed by atoms with van der Waals surface area (Å²) in [5.74, 6) is -0.577. The zero-order chi connectivity index (χ0) is 19.2. The molecular weight excluding hydrogens is 360 g/mol. The van der Waals surface area contributed by atoms with Crippen molar-refractivity contribution in [2.75, 3.05) is 12.4 Å². The largest absolute Gasteiger partial charge is 0.464 e. The van der Waals surface area contributed by atoms with E-state index in [1.807, 2.05) is 0 Å². The summed E-state index contributed by atoms with van der Waals surface area (Å²) in [6.45, 7) is 4.93. The Morgan fingerprint density at radius 3 is 2.35 bits per heavy atom. The number of carbonyl (C=O) groups is 2. The Hall–Kier alpha value is -1.41. The second-order valence-electron chi connectivity index (χ2n) is 8.50. The van der Waals surface area contributed by atoms with E-state index in [4.69, 9.17) is 14.0 Å². The van der Waals surface area contributed by atoms with Gasteiger partial charge < -0.3 is 9.47 Å². The minimum atomic E-state index is -4.15. The molecule has 1 N–H and O–H groups in total. The number of esters is 2. The van der Waals surface area contributed by atoms with E-state index in [0.717, 1.165) is 32.1 Å². The van der Waals surface area contributed by atoms with Crippen LogP contribution in [-0.4, -0.2) is 42.9 Å². The van der Waals surface area contributed by atoms with E-state index in [1.54, 1.807) is 6.92 Å². The van der Waals surface area contributed by atoms with Crippen LogP contribution < -0.4 is 0 Å². The van der Waals surface area contributed by atoms with E-state index in [-0.39, 0.29) is 24.4 Å². The molecule has 146 valence electrons. The summed E-state index contributed by atoms with van der Waals surface area (Å²) in [5, 5.41) is 0. The van der Waals surface area contributed by atoms with E-state index >= 15 is 0 Å². The molecule has 4 rings (SSSR count). The van der Waals surface area contributed by atoms with Crippen LogP contribution in [0.4, 0.5) is 0 Å². The number of hydrogen-bond acceptors (Lipinski definition) is 6. The first-order valence-electron chi connectivity index (χ1n) is 9.00. The van der Waals surface area contributed by atoms with Gasteiger partial charge in [-0.3, -0.25) is 9.35 Å². The molecule has 0 heterocycles. The van der Waals surface area contributed by atoms with Gasteiger partial charge in [-0.05, 0) is 62.7 Å². The van der Waals surface area contributed by atoms with Crippen molar-refractivity contribution in [1.29, 1.82) is 0 Å². The zero-order valence-electron chi connectivity index (χ0n) is 15.0. The maximum atomic E-state index is 12.2. The van der Waals surface area contributed by atoms with E-state index in [0.29, 0.717) is 23.8 Å². The van der Waals surface area contributed by atoms with Gasteiger partial charge >= 0.3 is 11.9 Å². The molecule has 4 aliphatic carbocycles. The predicted octanol–water partition coefficient (Wildman–Crippen LogP) is 2.27. The molecule has 0 aromatic heterocycles. The van der Waals surface area contributed by atoms with Gasteiger partial charge in [0.15, 0.2) is 0 Å². The lowest BCUT2D eigenvalue weighted by Crippen LogP contribution is -2.58. The van der Waals surface area contributed by atoms with Crippen LogP contribution in [0.5, 0.6) is 0 Å².